The molecule has 44 heavy (non-hydrogen) atoms. The molecule has 3 heteroatoms. The minimum Gasteiger partial charge on any atom is -0.494 e. The van der Waals surface area contributed by atoms with Crippen LogP contribution in [0.1, 0.15) is 79.8 Å². The van der Waals surface area contributed by atoms with Gasteiger partial charge in [0, 0.05) is 27.5 Å². The quantitative estimate of drug-likeness (QED) is 0.169. The summed E-state index contributed by atoms with van der Waals surface area (Å²) in [5, 5.41) is 1.81. The number of rotatable bonds is 8. The Hall–Kier alpha value is -4.37. The molecule has 0 aromatic heterocycles. The first-order valence-corrected chi connectivity index (χ1v) is 15.9. The van der Waals surface area contributed by atoms with Gasteiger partial charge in [0.2, 0.25) is 0 Å². The van der Waals surface area contributed by atoms with Gasteiger partial charge in [-0.1, -0.05) is 118 Å². The maximum absolute atomic E-state index is 15.0. The van der Waals surface area contributed by atoms with Gasteiger partial charge >= 0.3 is 0 Å². The first kappa shape index (κ1) is 28.4. The van der Waals surface area contributed by atoms with Gasteiger partial charge in [0.05, 0.1) is 6.61 Å². The van der Waals surface area contributed by atoms with Crippen molar-refractivity contribution in [3.05, 3.63) is 136 Å². The third kappa shape index (κ3) is 4.53. The number of fused-ring (bicyclic) bond motifs is 8. The van der Waals surface area contributed by atoms with E-state index in [1.54, 1.807) is 12.1 Å². The van der Waals surface area contributed by atoms with E-state index in [-0.39, 0.29) is 11.2 Å². The van der Waals surface area contributed by atoms with E-state index < -0.39 is 5.60 Å². The SMILES string of the molecule is CCCCCCOc1ccc(C2(c3ccccc3)C=Cc3c4c(c5ccc(F)cc5c3O2)-c2ccc(C)cc2C4(C)C)cc1. The fraction of sp³-hybridized carbons (Fsp3) is 0.268. The Bertz CT molecular complexity index is 1880. The Morgan fingerprint density at radius 2 is 1.57 bits per heavy atom. The van der Waals surface area contributed by atoms with Crippen molar-refractivity contribution in [1.82, 2.24) is 0 Å². The molecule has 0 fully saturated rings. The van der Waals surface area contributed by atoms with Crippen LogP contribution in [-0.2, 0) is 11.0 Å². The summed E-state index contributed by atoms with van der Waals surface area (Å²) in [5.41, 5.74) is 8.04. The van der Waals surface area contributed by atoms with Crippen LogP contribution in [0.5, 0.6) is 11.5 Å². The molecule has 1 heterocycles. The zero-order chi connectivity index (χ0) is 30.5. The summed E-state index contributed by atoms with van der Waals surface area (Å²) in [6.07, 6.45) is 9.08. The number of benzene rings is 5. The normalized spacial score (nSPS) is 17.6. The molecule has 0 amide bonds. The first-order chi connectivity index (χ1) is 21.3. The average molecular weight is 583 g/mol. The summed E-state index contributed by atoms with van der Waals surface area (Å²) >= 11 is 0. The number of aryl methyl sites for hydroxylation is 1. The Morgan fingerprint density at radius 1 is 0.795 bits per heavy atom. The van der Waals surface area contributed by atoms with Gasteiger partial charge in [0.15, 0.2) is 5.60 Å². The molecule has 0 saturated heterocycles. The van der Waals surface area contributed by atoms with Crippen LogP contribution in [0.3, 0.4) is 0 Å². The summed E-state index contributed by atoms with van der Waals surface area (Å²) in [7, 11) is 0. The Labute approximate surface area is 260 Å². The van der Waals surface area contributed by atoms with E-state index in [1.807, 2.05) is 36.4 Å². The fourth-order valence-corrected chi connectivity index (χ4v) is 7.25. The highest BCUT2D eigenvalue weighted by atomic mass is 19.1. The average Bonchev–Trinajstić information content (AvgIpc) is 3.27. The molecule has 1 unspecified atom stereocenters. The second-order valence-electron chi connectivity index (χ2n) is 12.8. The molecule has 0 spiro atoms. The third-order valence-electron chi connectivity index (χ3n) is 9.50. The molecule has 2 aliphatic rings. The van der Waals surface area contributed by atoms with Crippen molar-refractivity contribution in [3.63, 3.8) is 0 Å². The van der Waals surface area contributed by atoms with Crippen molar-refractivity contribution in [1.29, 1.82) is 0 Å². The zero-order valence-corrected chi connectivity index (χ0v) is 26.0. The lowest BCUT2D eigenvalue weighted by molar-refractivity contribution is 0.163. The van der Waals surface area contributed by atoms with Gasteiger partial charge in [-0.2, -0.15) is 0 Å². The number of hydrogen-bond acceptors (Lipinski definition) is 2. The molecule has 2 nitrogen and oxygen atoms in total. The van der Waals surface area contributed by atoms with E-state index in [0.29, 0.717) is 6.61 Å². The third-order valence-corrected chi connectivity index (χ3v) is 9.50. The minimum absolute atomic E-state index is 0.250. The Morgan fingerprint density at radius 3 is 2.34 bits per heavy atom. The maximum atomic E-state index is 15.0. The number of ether oxygens (including phenoxy) is 2. The molecule has 1 aliphatic carbocycles. The lowest BCUT2D eigenvalue weighted by Crippen LogP contribution is -2.35. The van der Waals surface area contributed by atoms with Crippen molar-refractivity contribution in [2.75, 3.05) is 6.61 Å². The molecule has 0 N–H and O–H groups in total. The summed E-state index contributed by atoms with van der Waals surface area (Å²) in [5.74, 6) is 1.30. The van der Waals surface area contributed by atoms with E-state index in [0.717, 1.165) is 45.4 Å². The van der Waals surface area contributed by atoms with E-state index in [1.165, 1.54) is 47.1 Å². The van der Waals surface area contributed by atoms with Crippen molar-refractivity contribution < 1.29 is 13.9 Å². The van der Waals surface area contributed by atoms with Crippen LogP contribution >= 0.6 is 0 Å². The summed E-state index contributed by atoms with van der Waals surface area (Å²) in [6, 6.07) is 30.4. The van der Waals surface area contributed by atoms with E-state index in [4.69, 9.17) is 9.47 Å². The fourth-order valence-electron chi connectivity index (χ4n) is 7.25. The van der Waals surface area contributed by atoms with Crippen LogP contribution in [0, 0.1) is 12.7 Å². The van der Waals surface area contributed by atoms with Gasteiger partial charge in [-0.05, 0) is 71.3 Å². The van der Waals surface area contributed by atoms with Crippen molar-refractivity contribution >= 4 is 16.8 Å². The van der Waals surface area contributed by atoms with Crippen molar-refractivity contribution in [2.45, 2.75) is 64.4 Å². The van der Waals surface area contributed by atoms with E-state index >= 15 is 4.39 Å². The van der Waals surface area contributed by atoms with Crippen LogP contribution in [0.4, 0.5) is 4.39 Å². The molecular weight excluding hydrogens is 543 g/mol. The summed E-state index contributed by atoms with van der Waals surface area (Å²) in [4.78, 5) is 0. The minimum atomic E-state index is -0.895. The van der Waals surface area contributed by atoms with Gasteiger partial charge < -0.3 is 9.47 Å². The van der Waals surface area contributed by atoms with Gasteiger partial charge in [0.1, 0.15) is 17.3 Å². The molecule has 0 saturated carbocycles. The predicted octanol–water partition coefficient (Wildman–Crippen LogP) is 10.9. The van der Waals surface area contributed by atoms with Crippen LogP contribution in [0.15, 0.2) is 97.1 Å². The molecule has 0 bridgehead atoms. The van der Waals surface area contributed by atoms with E-state index in [9.17, 15) is 0 Å². The topological polar surface area (TPSA) is 18.5 Å². The van der Waals surface area contributed by atoms with Crippen molar-refractivity contribution in [3.8, 4) is 22.6 Å². The zero-order valence-electron chi connectivity index (χ0n) is 26.0. The highest BCUT2D eigenvalue weighted by Gasteiger charge is 2.44. The molecular formula is C41H39FO2. The molecule has 1 aliphatic heterocycles. The summed E-state index contributed by atoms with van der Waals surface area (Å²) in [6.45, 7) is 9.66. The molecule has 0 radical (unpaired) electrons. The molecule has 5 aromatic rings. The first-order valence-electron chi connectivity index (χ1n) is 15.9. The molecule has 222 valence electrons. The van der Waals surface area contributed by atoms with Gasteiger partial charge in [-0.15, -0.1) is 0 Å². The standard InChI is InChI=1S/C41H39FO2/c1-5-6-7-11-24-43-31-18-15-29(16-19-31)41(28-12-9-8-10-13-28)23-22-34-38-37(32-21-17-30(42)26-35(32)39(34)44-41)33-20-14-27(2)25-36(33)40(38,3)4/h8-10,12-23,25-26H,5-7,11,24H2,1-4H3. The van der Waals surface area contributed by atoms with Crippen LogP contribution < -0.4 is 9.47 Å². The van der Waals surface area contributed by atoms with Gasteiger partial charge in [-0.25, -0.2) is 4.39 Å². The van der Waals surface area contributed by atoms with Crippen LogP contribution in [-0.4, -0.2) is 6.61 Å². The number of unbranched alkanes of at least 4 members (excludes halogenated alkanes) is 3. The molecule has 1 atom stereocenters. The highest BCUT2D eigenvalue weighted by molar-refractivity contribution is 6.08. The molecule has 5 aromatic carbocycles. The number of halogens is 1. The summed E-state index contributed by atoms with van der Waals surface area (Å²) < 4.78 is 28.4. The Kier molecular flexibility index (Phi) is 7.08. The predicted molar refractivity (Wildman–Crippen MR) is 179 cm³/mol. The molecule has 7 rings (SSSR count). The van der Waals surface area contributed by atoms with E-state index in [2.05, 4.69) is 82.3 Å². The second-order valence-corrected chi connectivity index (χ2v) is 12.8. The highest BCUT2D eigenvalue weighted by Crippen LogP contribution is 2.58. The van der Waals surface area contributed by atoms with Crippen molar-refractivity contribution in [2.24, 2.45) is 0 Å². The van der Waals surface area contributed by atoms with Gasteiger partial charge in [0.25, 0.3) is 0 Å². The Balaban J connectivity index is 1.39. The lowest BCUT2D eigenvalue weighted by atomic mass is 9.76. The number of hydrogen-bond donors (Lipinski definition) is 0. The monoisotopic (exact) mass is 582 g/mol. The maximum Gasteiger partial charge on any atom is 0.178 e. The second kappa shape index (κ2) is 11.0. The largest absolute Gasteiger partial charge is 0.494 e. The van der Waals surface area contributed by atoms with Crippen LogP contribution in [0.2, 0.25) is 0 Å². The lowest BCUT2D eigenvalue weighted by Gasteiger charge is -2.38. The van der Waals surface area contributed by atoms with Gasteiger partial charge in [-0.3, -0.25) is 0 Å². The van der Waals surface area contributed by atoms with Crippen LogP contribution in [0.25, 0.3) is 28.0 Å². The smallest absolute Gasteiger partial charge is 0.178 e.